The van der Waals surface area contributed by atoms with Crippen LogP contribution < -0.4 is 5.11 Å². The minimum absolute atomic E-state index is 0.172. The van der Waals surface area contributed by atoms with E-state index in [-0.39, 0.29) is 5.75 Å². The molecule has 0 bridgehead atoms. The number of hydrogen-bond acceptors (Lipinski definition) is 1. The van der Waals surface area contributed by atoms with Gasteiger partial charge in [-0.3, -0.25) is 0 Å². The van der Waals surface area contributed by atoms with Crippen LogP contribution >= 0.6 is 0 Å². The maximum atomic E-state index is 11.1. The van der Waals surface area contributed by atoms with Crippen LogP contribution in [0.4, 0.5) is 0 Å². The van der Waals surface area contributed by atoms with Crippen LogP contribution in [0, 0.1) is 20.8 Å². The van der Waals surface area contributed by atoms with Crippen molar-refractivity contribution in [1.82, 2.24) is 0 Å². The molecular weight excluding hydrogens is 247 g/mol. The van der Waals surface area contributed by atoms with Crippen molar-refractivity contribution >= 4 is 15.2 Å². The standard InChI is InChI=1S/C9H12O.2C4H9.Al/c1-6-4-7(2)9(10)8(3)5-6;2*1-3-4-2;/h4-5,10H,1-3H3;2*1,3-4H2,2H3;/q;;;+1/p-1. The minimum Gasteiger partial charge on any atom is -0.872 e. The van der Waals surface area contributed by atoms with Crippen LogP contribution in [0.2, 0.25) is 10.6 Å². The molecule has 0 spiro atoms. The van der Waals surface area contributed by atoms with Crippen molar-refractivity contribution in [2.24, 2.45) is 0 Å². The molecule has 0 atom stereocenters. The Bertz CT molecular complexity index is 318. The SMILES string of the molecule is CCC[CH2][Al+][CH2]CCC.Cc1cc(C)c([O-])c(C)c1. The van der Waals surface area contributed by atoms with Crippen LogP contribution in [0.5, 0.6) is 5.75 Å². The van der Waals surface area contributed by atoms with Gasteiger partial charge in [0.25, 0.3) is 0 Å². The van der Waals surface area contributed by atoms with Crippen molar-refractivity contribution in [3.63, 3.8) is 0 Å². The van der Waals surface area contributed by atoms with Crippen molar-refractivity contribution in [3.05, 3.63) is 28.8 Å². The molecule has 1 aromatic carbocycles. The van der Waals surface area contributed by atoms with E-state index in [0.717, 1.165) is 31.9 Å². The van der Waals surface area contributed by atoms with Gasteiger partial charge in [0.1, 0.15) is 0 Å². The molecule has 0 saturated heterocycles. The number of unbranched alkanes of at least 4 members (excludes halogenated alkanes) is 2. The topological polar surface area (TPSA) is 23.1 Å². The van der Waals surface area contributed by atoms with Gasteiger partial charge in [0.2, 0.25) is 0 Å². The molecule has 0 fully saturated rings. The first-order valence-corrected chi connectivity index (χ1v) is 9.22. The molecule has 1 nitrogen and oxygen atoms in total. The molecule has 19 heavy (non-hydrogen) atoms. The van der Waals surface area contributed by atoms with E-state index in [9.17, 15) is 5.11 Å². The predicted octanol–water partition coefficient (Wildman–Crippen LogP) is 4.81. The summed E-state index contributed by atoms with van der Waals surface area (Å²) in [6, 6.07) is 3.82. The van der Waals surface area contributed by atoms with Crippen LogP contribution in [-0.2, 0) is 0 Å². The molecule has 0 N–H and O–H groups in total. The molecule has 0 heterocycles. The van der Waals surface area contributed by atoms with Crippen molar-refractivity contribution in [2.45, 2.75) is 70.9 Å². The second-order valence-electron chi connectivity index (χ2n) is 5.30. The Morgan fingerprint density at radius 2 is 1.32 bits per heavy atom. The third kappa shape index (κ3) is 9.14. The first kappa shape index (κ1) is 18.6. The quantitative estimate of drug-likeness (QED) is 0.540. The smallest absolute Gasteiger partial charge is 0.0398 e. The van der Waals surface area contributed by atoms with Crippen molar-refractivity contribution < 1.29 is 5.11 Å². The molecule has 1 rings (SSSR count). The van der Waals surface area contributed by atoms with Gasteiger partial charge in [-0.25, -0.2) is 0 Å². The predicted molar refractivity (Wildman–Crippen MR) is 85.3 cm³/mol. The summed E-state index contributed by atoms with van der Waals surface area (Å²) < 4.78 is 0. The summed E-state index contributed by atoms with van der Waals surface area (Å²) in [7, 11) is 0. The molecular formula is C17H29AlO. The van der Waals surface area contributed by atoms with Gasteiger partial charge < -0.3 is 5.11 Å². The van der Waals surface area contributed by atoms with Crippen LogP contribution in [0.1, 0.15) is 56.2 Å². The van der Waals surface area contributed by atoms with Gasteiger partial charge in [-0.2, -0.15) is 0 Å². The van der Waals surface area contributed by atoms with Crippen LogP contribution in [-0.4, -0.2) is 15.2 Å². The van der Waals surface area contributed by atoms with Crippen molar-refractivity contribution in [1.29, 1.82) is 0 Å². The van der Waals surface area contributed by atoms with E-state index in [1.54, 1.807) is 0 Å². The molecule has 0 saturated carbocycles. The molecule has 1 aromatic rings. The zero-order chi connectivity index (χ0) is 14.7. The monoisotopic (exact) mass is 276 g/mol. The minimum atomic E-state index is 0.172. The zero-order valence-corrected chi connectivity index (χ0v) is 14.5. The second kappa shape index (κ2) is 11.4. The molecule has 2 heteroatoms. The Balaban J connectivity index is 0.000000344. The van der Waals surface area contributed by atoms with E-state index in [0.29, 0.717) is 0 Å². The van der Waals surface area contributed by atoms with Gasteiger partial charge in [-0.15, -0.1) is 5.75 Å². The van der Waals surface area contributed by atoms with Crippen LogP contribution in [0.15, 0.2) is 12.1 Å². The number of hydrogen-bond donors (Lipinski definition) is 0. The fourth-order valence-corrected chi connectivity index (χ4v) is 3.69. The summed E-state index contributed by atoms with van der Waals surface area (Å²) in [5, 5.41) is 14.2. The Labute approximate surface area is 126 Å². The fourth-order valence-electron chi connectivity index (χ4n) is 2.01. The summed E-state index contributed by atoms with van der Waals surface area (Å²) in [6.45, 7) is 10.3. The maximum absolute atomic E-state index is 11.1. The number of aryl methyl sites for hydroxylation is 3. The molecule has 0 aromatic heterocycles. The average Bonchev–Trinajstić information content (AvgIpc) is 2.36. The Morgan fingerprint density at radius 1 is 0.895 bits per heavy atom. The summed E-state index contributed by atoms with van der Waals surface area (Å²) in [5.41, 5.74) is 2.85. The Kier molecular flexibility index (Phi) is 11.1. The number of rotatable bonds is 6. The third-order valence-electron chi connectivity index (χ3n) is 3.13. The Morgan fingerprint density at radius 3 is 1.68 bits per heavy atom. The van der Waals surface area contributed by atoms with E-state index in [1.165, 1.54) is 36.2 Å². The molecule has 0 aliphatic carbocycles. The summed E-state index contributed by atoms with van der Waals surface area (Å²) >= 11 is 0.818. The molecule has 0 radical (unpaired) electrons. The van der Waals surface area contributed by atoms with Crippen LogP contribution in [0.3, 0.4) is 0 Å². The Hall–Kier alpha value is -0.448. The van der Waals surface area contributed by atoms with E-state index >= 15 is 0 Å². The van der Waals surface area contributed by atoms with E-state index in [4.69, 9.17) is 0 Å². The molecule has 0 amide bonds. The normalized spacial score (nSPS) is 9.53. The zero-order valence-electron chi connectivity index (χ0n) is 13.4. The van der Waals surface area contributed by atoms with Crippen LogP contribution in [0.25, 0.3) is 0 Å². The van der Waals surface area contributed by atoms with Gasteiger partial charge in [0, 0.05) is 0 Å². The molecule has 0 unspecified atom stereocenters. The second-order valence-corrected chi connectivity index (χ2v) is 7.03. The fraction of sp³-hybridized carbons (Fsp3) is 0.647. The third-order valence-corrected chi connectivity index (χ3v) is 4.76. The molecule has 0 aliphatic rings. The number of benzene rings is 1. The van der Waals surface area contributed by atoms with Gasteiger partial charge in [-0.1, -0.05) is 28.8 Å². The maximum Gasteiger partial charge on any atom is -0.0398 e. The summed E-state index contributed by atoms with van der Waals surface area (Å²) in [6.07, 6.45) is 5.72. The average molecular weight is 276 g/mol. The first-order chi connectivity index (χ1) is 9.02. The van der Waals surface area contributed by atoms with Crippen molar-refractivity contribution in [3.8, 4) is 5.75 Å². The largest absolute Gasteiger partial charge is 0.872 e. The van der Waals surface area contributed by atoms with Crippen molar-refractivity contribution in [2.75, 3.05) is 0 Å². The van der Waals surface area contributed by atoms with Gasteiger partial charge in [-0.05, 0) is 20.8 Å². The molecule has 0 aliphatic heterocycles. The van der Waals surface area contributed by atoms with Gasteiger partial charge in [0.15, 0.2) is 0 Å². The molecule has 106 valence electrons. The van der Waals surface area contributed by atoms with Gasteiger partial charge >= 0.3 is 65.3 Å². The first-order valence-electron chi connectivity index (χ1n) is 7.59. The van der Waals surface area contributed by atoms with E-state index < -0.39 is 0 Å². The van der Waals surface area contributed by atoms with Gasteiger partial charge in [0.05, 0.1) is 0 Å². The summed E-state index contributed by atoms with van der Waals surface area (Å²) in [5.74, 6) is 0.172. The van der Waals surface area contributed by atoms with E-state index in [1.807, 2.05) is 32.9 Å². The van der Waals surface area contributed by atoms with E-state index in [2.05, 4.69) is 13.8 Å². The summed E-state index contributed by atoms with van der Waals surface area (Å²) in [4.78, 5) is 0.